The third-order valence-electron chi connectivity index (χ3n) is 2.58. The Balaban J connectivity index is 2.09. The Morgan fingerprint density at radius 1 is 1.29 bits per heavy atom. The van der Waals surface area contributed by atoms with Crippen molar-refractivity contribution in [3.8, 4) is 5.75 Å². The van der Waals surface area contributed by atoms with Gasteiger partial charge in [0, 0.05) is 5.56 Å². The van der Waals surface area contributed by atoms with Crippen LogP contribution in [0.4, 0.5) is 4.39 Å². The van der Waals surface area contributed by atoms with Gasteiger partial charge in [0.15, 0.2) is 0 Å². The number of halogens is 1. The van der Waals surface area contributed by atoms with Crippen LogP contribution in [0.3, 0.4) is 0 Å². The number of rotatable bonds is 4. The number of hydrogen-bond acceptors (Lipinski definition) is 2. The molecule has 0 bridgehead atoms. The van der Waals surface area contributed by atoms with E-state index in [2.05, 4.69) is 0 Å². The lowest BCUT2D eigenvalue weighted by atomic mass is 10.0. The molecule has 17 heavy (non-hydrogen) atoms. The van der Waals surface area contributed by atoms with E-state index in [0.717, 1.165) is 5.56 Å². The van der Waals surface area contributed by atoms with Crippen LogP contribution in [0, 0.1) is 5.82 Å². The van der Waals surface area contributed by atoms with Crippen LogP contribution >= 0.6 is 0 Å². The molecule has 0 aliphatic rings. The monoisotopic (exact) mass is 234 g/mol. The number of hydrogen-bond donors (Lipinski definition) is 0. The summed E-state index contributed by atoms with van der Waals surface area (Å²) in [6, 6.07) is 6.67. The highest BCUT2D eigenvalue weighted by Crippen LogP contribution is 2.24. The third kappa shape index (κ3) is 2.87. The largest absolute Gasteiger partial charge is 0.489 e. The van der Waals surface area contributed by atoms with Crippen molar-refractivity contribution in [2.75, 3.05) is 0 Å². The number of furan rings is 1. The minimum absolute atomic E-state index is 0.146. The van der Waals surface area contributed by atoms with Gasteiger partial charge in [0.2, 0.25) is 0 Å². The van der Waals surface area contributed by atoms with E-state index in [0.29, 0.717) is 17.9 Å². The fourth-order valence-electron chi connectivity index (χ4n) is 1.60. The molecule has 0 amide bonds. The molecule has 0 saturated carbocycles. The minimum Gasteiger partial charge on any atom is -0.489 e. The molecule has 2 nitrogen and oxygen atoms in total. The van der Waals surface area contributed by atoms with E-state index in [1.165, 1.54) is 6.07 Å². The van der Waals surface area contributed by atoms with Crippen molar-refractivity contribution in [3.05, 3.63) is 53.7 Å². The van der Waals surface area contributed by atoms with E-state index >= 15 is 0 Å². The van der Waals surface area contributed by atoms with Gasteiger partial charge in [0.1, 0.15) is 18.2 Å². The van der Waals surface area contributed by atoms with E-state index in [-0.39, 0.29) is 11.7 Å². The summed E-state index contributed by atoms with van der Waals surface area (Å²) in [6.45, 7) is 4.34. The zero-order chi connectivity index (χ0) is 12.3. The summed E-state index contributed by atoms with van der Waals surface area (Å²) in [5.41, 5.74) is 1.63. The second kappa shape index (κ2) is 5.04. The van der Waals surface area contributed by atoms with Gasteiger partial charge in [0.05, 0.1) is 12.5 Å². The molecule has 0 aliphatic carbocycles. The number of ether oxygens (including phenoxy) is 1. The summed E-state index contributed by atoms with van der Waals surface area (Å²) in [5.74, 6) is 0.638. The second-order valence-corrected chi connectivity index (χ2v) is 4.26. The first-order chi connectivity index (χ1) is 8.16. The Morgan fingerprint density at radius 2 is 2.12 bits per heavy atom. The average Bonchev–Trinajstić information content (AvgIpc) is 2.80. The smallest absolute Gasteiger partial charge is 0.126 e. The van der Waals surface area contributed by atoms with Crippen molar-refractivity contribution in [1.82, 2.24) is 0 Å². The summed E-state index contributed by atoms with van der Waals surface area (Å²) in [5, 5.41) is 0. The summed E-state index contributed by atoms with van der Waals surface area (Å²) in [6.07, 6.45) is 3.23. The van der Waals surface area contributed by atoms with Gasteiger partial charge in [-0.1, -0.05) is 13.8 Å². The van der Waals surface area contributed by atoms with Crippen molar-refractivity contribution < 1.29 is 13.5 Å². The molecule has 0 unspecified atom stereocenters. The predicted octanol–water partition coefficient (Wildman–Crippen LogP) is 4.12. The molecule has 2 aromatic rings. The van der Waals surface area contributed by atoms with E-state index < -0.39 is 0 Å². The summed E-state index contributed by atoms with van der Waals surface area (Å²) >= 11 is 0. The van der Waals surface area contributed by atoms with Gasteiger partial charge in [-0.25, -0.2) is 4.39 Å². The molecule has 0 N–H and O–H groups in total. The number of benzene rings is 1. The Morgan fingerprint density at radius 3 is 2.76 bits per heavy atom. The SMILES string of the molecule is CC(C)c1cc(OCc2ccoc2)ccc1F. The molecular formula is C14H15FO2. The molecule has 0 spiro atoms. The molecule has 0 fully saturated rings. The fraction of sp³-hybridized carbons (Fsp3) is 0.286. The highest BCUT2D eigenvalue weighted by Gasteiger charge is 2.08. The lowest BCUT2D eigenvalue weighted by molar-refractivity contribution is 0.303. The molecule has 1 aromatic carbocycles. The van der Waals surface area contributed by atoms with Crippen molar-refractivity contribution in [1.29, 1.82) is 0 Å². The quantitative estimate of drug-likeness (QED) is 0.793. The van der Waals surface area contributed by atoms with Gasteiger partial charge in [0.25, 0.3) is 0 Å². The van der Waals surface area contributed by atoms with Crippen LogP contribution in [-0.2, 0) is 6.61 Å². The molecule has 0 atom stereocenters. The standard InChI is InChI=1S/C14H15FO2/c1-10(2)13-7-12(3-4-14(13)15)17-9-11-5-6-16-8-11/h3-8,10H,9H2,1-2H3. The van der Waals surface area contributed by atoms with Crippen LogP contribution in [0.1, 0.15) is 30.9 Å². The molecule has 0 aliphatic heterocycles. The Hall–Kier alpha value is -1.77. The minimum atomic E-state index is -0.185. The first-order valence-electron chi connectivity index (χ1n) is 5.60. The van der Waals surface area contributed by atoms with Crippen LogP contribution in [0.2, 0.25) is 0 Å². The van der Waals surface area contributed by atoms with Gasteiger partial charge >= 0.3 is 0 Å². The Kier molecular flexibility index (Phi) is 3.47. The first kappa shape index (κ1) is 11.7. The molecule has 2 rings (SSSR count). The highest BCUT2D eigenvalue weighted by molar-refractivity contribution is 5.31. The lowest BCUT2D eigenvalue weighted by Crippen LogP contribution is -1.97. The Bertz CT molecular complexity index is 475. The van der Waals surface area contributed by atoms with Gasteiger partial charge in [-0.15, -0.1) is 0 Å². The molecular weight excluding hydrogens is 219 g/mol. The zero-order valence-corrected chi connectivity index (χ0v) is 9.94. The molecule has 3 heteroatoms. The summed E-state index contributed by atoms with van der Waals surface area (Å²) < 4.78 is 24.0. The normalized spacial score (nSPS) is 10.8. The van der Waals surface area contributed by atoms with Gasteiger partial charge < -0.3 is 9.15 Å². The fourth-order valence-corrected chi connectivity index (χ4v) is 1.60. The molecule has 0 radical (unpaired) electrons. The summed E-state index contributed by atoms with van der Waals surface area (Å²) in [7, 11) is 0. The van der Waals surface area contributed by atoms with Crippen LogP contribution in [-0.4, -0.2) is 0 Å². The van der Waals surface area contributed by atoms with Gasteiger partial charge in [-0.2, -0.15) is 0 Å². The van der Waals surface area contributed by atoms with Crippen LogP contribution in [0.25, 0.3) is 0 Å². The molecule has 0 saturated heterocycles. The molecule has 1 aromatic heterocycles. The van der Waals surface area contributed by atoms with E-state index in [1.54, 1.807) is 24.7 Å². The Labute approximate surface area is 100 Å². The van der Waals surface area contributed by atoms with Crippen molar-refractivity contribution >= 4 is 0 Å². The van der Waals surface area contributed by atoms with Crippen LogP contribution in [0.5, 0.6) is 5.75 Å². The second-order valence-electron chi connectivity index (χ2n) is 4.26. The average molecular weight is 234 g/mol. The van der Waals surface area contributed by atoms with E-state index in [4.69, 9.17) is 9.15 Å². The highest BCUT2D eigenvalue weighted by atomic mass is 19.1. The van der Waals surface area contributed by atoms with Gasteiger partial charge in [-0.3, -0.25) is 0 Å². The summed E-state index contributed by atoms with van der Waals surface area (Å²) in [4.78, 5) is 0. The maximum absolute atomic E-state index is 13.5. The van der Waals surface area contributed by atoms with Gasteiger partial charge in [-0.05, 0) is 35.7 Å². The van der Waals surface area contributed by atoms with Crippen molar-refractivity contribution in [2.24, 2.45) is 0 Å². The van der Waals surface area contributed by atoms with E-state index in [9.17, 15) is 4.39 Å². The predicted molar refractivity (Wildman–Crippen MR) is 63.5 cm³/mol. The van der Waals surface area contributed by atoms with Crippen LogP contribution < -0.4 is 4.74 Å². The molecule has 90 valence electrons. The topological polar surface area (TPSA) is 22.4 Å². The van der Waals surface area contributed by atoms with Crippen molar-refractivity contribution in [2.45, 2.75) is 26.4 Å². The third-order valence-corrected chi connectivity index (χ3v) is 2.58. The van der Waals surface area contributed by atoms with E-state index in [1.807, 2.05) is 19.9 Å². The zero-order valence-electron chi connectivity index (χ0n) is 9.94. The first-order valence-corrected chi connectivity index (χ1v) is 5.60. The maximum Gasteiger partial charge on any atom is 0.126 e. The molecule has 1 heterocycles. The lowest BCUT2D eigenvalue weighted by Gasteiger charge is -2.10. The van der Waals surface area contributed by atoms with Crippen LogP contribution in [0.15, 0.2) is 41.2 Å². The maximum atomic E-state index is 13.5. The van der Waals surface area contributed by atoms with Crippen molar-refractivity contribution in [3.63, 3.8) is 0 Å².